The van der Waals surface area contributed by atoms with Crippen LogP contribution in [0.2, 0.25) is 0 Å². The van der Waals surface area contributed by atoms with Crippen molar-refractivity contribution in [2.24, 2.45) is 0 Å². The van der Waals surface area contributed by atoms with E-state index in [0.717, 1.165) is 55.4 Å². The average Bonchev–Trinajstić information content (AvgIpc) is 2.82. The zero-order valence-corrected chi connectivity index (χ0v) is 15.5. The van der Waals surface area contributed by atoms with Crippen molar-refractivity contribution in [3.63, 3.8) is 0 Å². The van der Waals surface area contributed by atoms with Gasteiger partial charge in [-0.1, -0.05) is 12.1 Å². The summed E-state index contributed by atoms with van der Waals surface area (Å²) in [6, 6.07) is 12.4. The predicted molar refractivity (Wildman–Crippen MR) is 105 cm³/mol. The summed E-state index contributed by atoms with van der Waals surface area (Å²) in [6.45, 7) is 7.31. The van der Waals surface area contributed by atoms with Gasteiger partial charge in [0.1, 0.15) is 11.4 Å². The summed E-state index contributed by atoms with van der Waals surface area (Å²) in [5, 5.41) is 3.48. The summed E-state index contributed by atoms with van der Waals surface area (Å²) in [4.78, 5) is 7.50. The lowest BCUT2D eigenvalue weighted by Crippen LogP contribution is -2.28. The zero-order valence-electron chi connectivity index (χ0n) is 15.5. The molecule has 0 atom stereocenters. The molecule has 3 aromatic rings. The Kier molecular flexibility index (Phi) is 4.91. The first-order valence-electron chi connectivity index (χ1n) is 9.30. The van der Waals surface area contributed by atoms with E-state index in [2.05, 4.69) is 45.9 Å². The van der Waals surface area contributed by atoms with E-state index in [1.165, 1.54) is 17.7 Å². The Hall–Kier alpha value is -2.37. The maximum absolute atomic E-state index is 5.61. The largest absolute Gasteiger partial charge is 0.496 e. The number of fused-ring (bicyclic) bond motifs is 1. The Balaban J connectivity index is 1.83. The standard InChI is InChI=1S/C21H26N4O/c1-16-8-12-25-18(15-24-11-5-9-22-10-13-24)21(23-20(25)14-16)17-6-3-4-7-19(17)26-2/h3-4,6-8,12,14,22H,5,9-11,13,15H2,1-2H3. The van der Waals surface area contributed by atoms with Gasteiger partial charge in [0.25, 0.3) is 0 Å². The molecule has 1 N–H and O–H groups in total. The van der Waals surface area contributed by atoms with E-state index < -0.39 is 0 Å². The highest BCUT2D eigenvalue weighted by Crippen LogP contribution is 2.33. The van der Waals surface area contributed by atoms with Crippen LogP contribution in [0.1, 0.15) is 17.7 Å². The second kappa shape index (κ2) is 7.48. The summed E-state index contributed by atoms with van der Waals surface area (Å²) in [6.07, 6.45) is 3.32. The average molecular weight is 350 g/mol. The number of aromatic nitrogens is 2. The lowest BCUT2D eigenvalue weighted by atomic mass is 10.1. The first-order chi connectivity index (χ1) is 12.8. The number of nitrogens with zero attached hydrogens (tertiary/aromatic N) is 3. The minimum Gasteiger partial charge on any atom is -0.496 e. The van der Waals surface area contributed by atoms with Crippen molar-refractivity contribution in [2.75, 3.05) is 33.3 Å². The molecule has 0 bridgehead atoms. The van der Waals surface area contributed by atoms with Crippen LogP contribution >= 0.6 is 0 Å². The fourth-order valence-electron chi connectivity index (χ4n) is 3.68. The molecule has 1 aliphatic heterocycles. The number of hydrogen-bond donors (Lipinski definition) is 1. The molecule has 3 heterocycles. The SMILES string of the molecule is COc1ccccc1-c1nc2cc(C)ccn2c1CN1CCCNCC1. The number of benzene rings is 1. The number of ether oxygens (including phenoxy) is 1. The Bertz CT molecular complexity index is 894. The third-order valence-electron chi connectivity index (χ3n) is 5.05. The van der Waals surface area contributed by atoms with Crippen molar-refractivity contribution in [3.05, 3.63) is 53.9 Å². The lowest BCUT2D eigenvalue weighted by Gasteiger charge is -2.20. The highest BCUT2D eigenvalue weighted by molar-refractivity contribution is 5.72. The minimum absolute atomic E-state index is 0.867. The molecular formula is C21H26N4O. The molecular weight excluding hydrogens is 324 g/mol. The second-order valence-corrected chi connectivity index (χ2v) is 6.92. The van der Waals surface area contributed by atoms with E-state index in [1.807, 2.05) is 18.2 Å². The molecule has 4 rings (SSSR count). The molecule has 1 aliphatic rings. The van der Waals surface area contributed by atoms with Gasteiger partial charge in [0.05, 0.1) is 18.5 Å². The molecule has 0 aliphatic carbocycles. The third kappa shape index (κ3) is 3.32. The van der Waals surface area contributed by atoms with E-state index >= 15 is 0 Å². The van der Waals surface area contributed by atoms with E-state index in [-0.39, 0.29) is 0 Å². The number of nitrogens with one attached hydrogen (secondary N) is 1. The first-order valence-corrected chi connectivity index (χ1v) is 9.30. The van der Waals surface area contributed by atoms with E-state index in [9.17, 15) is 0 Å². The lowest BCUT2D eigenvalue weighted by molar-refractivity contribution is 0.280. The van der Waals surface area contributed by atoms with E-state index in [4.69, 9.17) is 9.72 Å². The summed E-state index contributed by atoms with van der Waals surface area (Å²) in [5.74, 6) is 0.867. The van der Waals surface area contributed by atoms with Crippen molar-refractivity contribution in [2.45, 2.75) is 19.9 Å². The number of aryl methyl sites for hydroxylation is 1. The highest BCUT2D eigenvalue weighted by Gasteiger charge is 2.20. The predicted octanol–water partition coefficient (Wildman–Crippen LogP) is 3.11. The van der Waals surface area contributed by atoms with Gasteiger partial charge in [-0.2, -0.15) is 0 Å². The van der Waals surface area contributed by atoms with Crippen LogP contribution in [-0.2, 0) is 6.54 Å². The van der Waals surface area contributed by atoms with Crippen LogP contribution in [0.4, 0.5) is 0 Å². The van der Waals surface area contributed by atoms with Gasteiger partial charge in [0.2, 0.25) is 0 Å². The van der Waals surface area contributed by atoms with Crippen LogP contribution in [-0.4, -0.2) is 47.6 Å². The Morgan fingerprint density at radius 3 is 2.92 bits per heavy atom. The van der Waals surface area contributed by atoms with Crippen LogP contribution in [0, 0.1) is 6.92 Å². The quantitative estimate of drug-likeness (QED) is 0.785. The topological polar surface area (TPSA) is 41.8 Å². The van der Waals surface area contributed by atoms with Gasteiger partial charge < -0.3 is 14.5 Å². The summed E-state index contributed by atoms with van der Waals surface area (Å²) in [7, 11) is 1.72. The maximum atomic E-state index is 5.61. The maximum Gasteiger partial charge on any atom is 0.137 e. The Morgan fingerprint density at radius 1 is 1.15 bits per heavy atom. The fourth-order valence-corrected chi connectivity index (χ4v) is 3.68. The number of hydrogen-bond acceptors (Lipinski definition) is 4. The van der Waals surface area contributed by atoms with E-state index in [0.29, 0.717) is 0 Å². The van der Waals surface area contributed by atoms with Crippen LogP contribution in [0.5, 0.6) is 5.75 Å². The van der Waals surface area contributed by atoms with Crippen LogP contribution < -0.4 is 10.1 Å². The number of methoxy groups -OCH3 is 1. The third-order valence-corrected chi connectivity index (χ3v) is 5.05. The molecule has 1 saturated heterocycles. The van der Waals surface area contributed by atoms with E-state index in [1.54, 1.807) is 7.11 Å². The van der Waals surface area contributed by atoms with Gasteiger partial charge in [-0.05, 0) is 56.3 Å². The zero-order chi connectivity index (χ0) is 17.9. The normalized spacial score (nSPS) is 15.9. The second-order valence-electron chi connectivity index (χ2n) is 6.92. The smallest absolute Gasteiger partial charge is 0.137 e. The number of para-hydroxylation sites is 1. The van der Waals surface area contributed by atoms with Crippen molar-refractivity contribution in [3.8, 4) is 17.0 Å². The highest BCUT2D eigenvalue weighted by atomic mass is 16.5. The van der Waals surface area contributed by atoms with Gasteiger partial charge in [0.15, 0.2) is 0 Å². The van der Waals surface area contributed by atoms with Gasteiger partial charge in [-0.25, -0.2) is 4.98 Å². The fraction of sp³-hybridized carbons (Fsp3) is 0.381. The number of rotatable bonds is 4. The molecule has 1 aromatic carbocycles. The molecule has 5 heteroatoms. The number of imidazole rings is 1. The monoisotopic (exact) mass is 350 g/mol. The number of pyridine rings is 1. The Morgan fingerprint density at radius 2 is 2.04 bits per heavy atom. The molecule has 0 spiro atoms. The molecule has 0 radical (unpaired) electrons. The van der Waals surface area contributed by atoms with Crippen molar-refractivity contribution in [1.82, 2.24) is 19.6 Å². The molecule has 26 heavy (non-hydrogen) atoms. The molecule has 0 saturated carbocycles. The van der Waals surface area contributed by atoms with Crippen LogP contribution in [0.15, 0.2) is 42.6 Å². The van der Waals surface area contributed by atoms with Crippen LogP contribution in [0.3, 0.4) is 0 Å². The van der Waals surface area contributed by atoms with Crippen molar-refractivity contribution >= 4 is 5.65 Å². The summed E-state index contributed by atoms with van der Waals surface area (Å²) < 4.78 is 7.84. The first kappa shape index (κ1) is 17.1. The minimum atomic E-state index is 0.867. The van der Waals surface area contributed by atoms with Crippen molar-refractivity contribution in [1.29, 1.82) is 0 Å². The van der Waals surface area contributed by atoms with Gasteiger partial charge in [-0.15, -0.1) is 0 Å². The summed E-state index contributed by atoms with van der Waals surface area (Å²) >= 11 is 0. The van der Waals surface area contributed by atoms with Crippen molar-refractivity contribution < 1.29 is 4.74 Å². The molecule has 0 amide bonds. The molecule has 2 aromatic heterocycles. The molecule has 5 nitrogen and oxygen atoms in total. The Labute approximate surface area is 154 Å². The molecule has 0 unspecified atom stereocenters. The van der Waals surface area contributed by atoms with Gasteiger partial charge in [-0.3, -0.25) is 4.90 Å². The molecule has 136 valence electrons. The van der Waals surface area contributed by atoms with Crippen LogP contribution in [0.25, 0.3) is 16.9 Å². The van der Waals surface area contributed by atoms with Gasteiger partial charge >= 0.3 is 0 Å². The summed E-state index contributed by atoms with van der Waals surface area (Å²) in [5.41, 5.74) is 5.52. The van der Waals surface area contributed by atoms with Gasteiger partial charge in [0, 0.05) is 31.4 Å². The molecule has 1 fully saturated rings.